The van der Waals surface area contributed by atoms with E-state index in [-0.39, 0.29) is 11.7 Å². The van der Waals surface area contributed by atoms with Crippen molar-refractivity contribution in [1.29, 1.82) is 0 Å². The Kier molecular flexibility index (Phi) is 6.30. The monoisotopic (exact) mass is 434 g/mol. The molecule has 5 nitrogen and oxygen atoms in total. The Hall–Kier alpha value is -2.90. The zero-order valence-electron chi connectivity index (χ0n) is 16.8. The lowest BCUT2D eigenvalue weighted by atomic mass is 10.1. The first-order valence-corrected chi connectivity index (χ1v) is 11.5. The smallest absolute Gasteiger partial charge is 0.250 e. The summed E-state index contributed by atoms with van der Waals surface area (Å²) >= 11 is 3.02. The van der Waals surface area contributed by atoms with E-state index in [1.54, 1.807) is 17.6 Å². The number of rotatable bonds is 7. The molecule has 0 radical (unpaired) electrons. The summed E-state index contributed by atoms with van der Waals surface area (Å²) in [7, 11) is 0. The van der Waals surface area contributed by atoms with Gasteiger partial charge in [-0.05, 0) is 48.6 Å². The minimum atomic E-state index is -0.153. The number of imidazole rings is 1. The maximum atomic E-state index is 12.3. The number of aromatic nitrogens is 2. The Morgan fingerprint density at radius 1 is 1.17 bits per heavy atom. The van der Waals surface area contributed by atoms with E-state index in [0.717, 1.165) is 26.6 Å². The van der Waals surface area contributed by atoms with E-state index in [1.807, 2.05) is 36.6 Å². The summed E-state index contributed by atoms with van der Waals surface area (Å²) in [4.78, 5) is 18.1. The highest BCUT2D eigenvalue weighted by molar-refractivity contribution is 7.99. The van der Waals surface area contributed by atoms with Crippen molar-refractivity contribution in [3.63, 3.8) is 0 Å². The lowest BCUT2D eigenvalue weighted by Gasteiger charge is -2.09. The number of thiophene rings is 1. The van der Waals surface area contributed by atoms with E-state index in [4.69, 9.17) is 4.98 Å². The fourth-order valence-electron chi connectivity index (χ4n) is 3.03. The average molecular weight is 435 g/mol. The van der Waals surface area contributed by atoms with Gasteiger partial charge in [0.1, 0.15) is 0 Å². The van der Waals surface area contributed by atoms with E-state index in [0.29, 0.717) is 6.54 Å². The van der Waals surface area contributed by atoms with Crippen LogP contribution < -0.4 is 5.43 Å². The molecule has 4 rings (SSSR count). The van der Waals surface area contributed by atoms with Gasteiger partial charge < -0.3 is 4.57 Å². The van der Waals surface area contributed by atoms with E-state index in [9.17, 15) is 4.79 Å². The third kappa shape index (κ3) is 4.80. The largest absolute Gasteiger partial charge is 0.314 e. The van der Waals surface area contributed by atoms with Gasteiger partial charge in [-0.2, -0.15) is 5.10 Å². The first kappa shape index (κ1) is 20.4. The van der Waals surface area contributed by atoms with Gasteiger partial charge >= 0.3 is 0 Å². The molecule has 0 aliphatic carbocycles. The van der Waals surface area contributed by atoms with Gasteiger partial charge in [0.05, 0.1) is 29.5 Å². The second-order valence-corrected chi connectivity index (χ2v) is 8.89. The van der Waals surface area contributed by atoms with Crippen molar-refractivity contribution in [2.75, 3.05) is 5.75 Å². The minimum Gasteiger partial charge on any atom is -0.314 e. The van der Waals surface area contributed by atoms with Gasteiger partial charge in [0.25, 0.3) is 5.91 Å². The molecule has 0 spiro atoms. The molecule has 0 atom stereocenters. The summed E-state index contributed by atoms with van der Waals surface area (Å²) in [5.41, 5.74) is 8.18. The van der Waals surface area contributed by atoms with Crippen LogP contribution >= 0.6 is 23.1 Å². The number of hydrogen-bond donors (Lipinski definition) is 1. The first-order valence-electron chi connectivity index (χ1n) is 9.60. The molecule has 0 aliphatic heterocycles. The number of carbonyl (C=O) groups excluding carboxylic acids is 1. The molecule has 2 aromatic carbocycles. The SMILES string of the molecule is Cc1ccc(Cn2c(SCC(=O)NN=Cc3sccc3C)nc3ccccc32)cc1. The van der Waals surface area contributed by atoms with Crippen LogP contribution in [0, 0.1) is 13.8 Å². The Morgan fingerprint density at radius 3 is 2.73 bits per heavy atom. The van der Waals surface area contributed by atoms with Crippen LogP contribution in [0.5, 0.6) is 0 Å². The fourth-order valence-corrected chi connectivity index (χ4v) is 4.63. The first-order chi connectivity index (χ1) is 14.6. The zero-order chi connectivity index (χ0) is 20.9. The zero-order valence-corrected chi connectivity index (χ0v) is 18.5. The Bertz CT molecular complexity index is 1190. The standard InChI is InChI=1S/C23H22N4OS2/c1-16-7-9-18(10-8-16)14-27-20-6-4-3-5-19(20)25-23(27)30-15-22(28)26-24-13-21-17(2)11-12-29-21/h3-13H,14-15H2,1-2H3,(H,26,28). The van der Waals surface area contributed by atoms with E-state index in [1.165, 1.54) is 22.9 Å². The Labute approximate surface area is 183 Å². The summed E-state index contributed by atoms with van der Waals surface area (Å²) in [6.45, 7) is 4.81. The Morgan fingerprint density at radius 2 is 1.97 bits per heavy atom. The third-order valence-electron chi connectivity index (χ3n) is 4.69. The van der Waals surface area contributed by atoms with Crippen LogP contribution in [0.3, 0.4) is 0 Å². The molecule has 1 amide bonds. The van der Waals surface area contributed by atoms with Gasteiger partial charge in [0, 0.05) is 4.88 Å². The molecule has 2 heterocycles. The maximum Gasteiger partial charge on any atom is 0.250 e. The van der Waals surface area contributed by atoms with E-state index >= 15 is 0 Å². The quantitative estimate of drug-likeness (QED) is 0.253. The van der Waals surface area contributed by atoms with Crippen molar-refractivity contribution in [1.82, 2.24) is 15.0 Å². The van der Waals surface area contributed by atoms with Gasteiger partial charge in [-0.25, -0.2) is 10.4 Å². The van der Waals surface area contributed by atoms with Crippen LogP contribution in [-0.2, 0) is 11.3 Å². The number of thioether (sulfide) groups is 1. The van der Waals surface area contributed by atoms with Crippen LogP contribution in [0.25, 0.3) is 11.0 Å². The van der Waals surface area contributed by atoms with Crippen molar-refractivity contribution in [2.24, 2.45) is 5.10 Å². The number of nitrogens with one attached hydrogen (secondary N) is 1. The van der Waals surface area contributed by atoms with E-state index in [2.05, 4.69) is 52.3 Å². The van der Waals surface area contributed by atoms with Crippen LogP contribution in [0.15, 0.2) is 70.2 Å². The second kappa shape index (κ2) is 9.28. The molecule has 0 saturated heterocycles. The van der Waals surface area contributed by atoms with Crippen molar-refractivity contribution in [2.45, 2.75) is 25.5 Å². The number of nitrogens with zero attached hydrogens (tertiary/aromatic N) is 3. The third-order valence-corrected chi connectivity index (χ3v) is 6.62. The number of fused-ring (bicyclic) bond motifs is 1. The van der Waals surface area contributed by atoms with Gasteiger partial charge in [-0.3, -0.25) is 4.79 Å². The highest BCUT2D eigenvalue weighted by atomic mass is 32.2. The second-order valence-electron chi connectivity index (χ2n) is 7.00. The number of carbonyl (C=O) groups is 1. The van der Waals surface area contributed by atoms with Gasteiger partial charge in [-0.15, -0.1) is 11.3 Å². The molecule has 2 aromatic heterocycles. The number of aryl methyl sites for hydroxylation is 2. The topological polar surface area (TPSA) is 59.3 Å². The Balaban J connectivity index is 1.46. The van der Waals surface area contributed by atoms with Crippen molar-refractivity contribution in [3.8, 4) is 0 Å². The molecule has 0 bridgehead atoms. The van der Waals surface area contributed by atoms with E-state index < -0.39 is 0 Å². The van der Waals surface area contributed by atoms with Crippen LogP contribution in [-0.4, -0.2) is 27.4 Å². The predicted octanol–water partition coefficient (Wildman–Crippen LogP) is 5.01. The summed E-state index contributed by atoms with van der Waals surface area (Å²) < 4.78 is 2.16. The number of para-hydroxylation sites is 2. The van der Waals surface area contributed by atoms with Crippen LogP contribution in [0.4, 0.5) is 0 Å². The summed E-state index contributed by atoms with van der Waals surface area (Å²) in [6, 6.07) is 18.6. The van der Waals surface area contributed by atoms with Crippen molar-refractivity contribution < 1.29 is 4.79 Å². The summed E-state index contributed by atoms with van der Waals surface area (Å²) in [5, 5.41) is 6.90. The predicted molar refractivity (Wildman–Crippen MR) is 126 cm³/mol. The van der Waals surface area contributed by atoms with Gasteiger partial charge in [0.15, 0.2) is 5.16 Å². The lowest BCUT2D eigenvalue weighted by molar-refractivity contribution is -0.118. The summed E-state index contributed by atoms with van der Waals surface area (Å²) in [6.07, 6.45) is 1.69. The minimum absolute atomic E-state index is 0.153. The maximum absolute atomic E-state index is 12.3. The highest BCUT2D eigenvalue weighted by Crippen LogP contribution is 2.25. The lowest BCUT2D eigenvalue weighted by Crippen LogP contribution is -2.20. The molecule has 30 heavy (non-hydrogen) atoms. The van der Waals surface area contributed by atoms with Crippen LogP contribution in [0.1, 0.15) is 21.6 Å². The molecule has 0 unspecified atom stereocenters. The molecule has 7 heteroatoms. The molecular weight excluding hydrogens is 412 g/mol. The molecule has 0 saturated carbocycles. The van der Waals surface area contributed by atoms with Crippen molar-refractivity contribution in [3.05, 3.63) is 81.5 Å². The van der Waals surface area contributed by atoms with Crippen LogP contribution in [0.2, 0.25) is 0 Å². The average Bonchev–Trinajstić information content (AvgIpc) is 3.31. The summed E-state index contributed by atoms with van der Waals surface area (Å²) in [5.74, 6) is 0.0947. The number of hydrogen-bond acceptors (Lipinski definition) is 5. The fraction of sp³-hybridized carbons (Fsp3) is 0.174. The van der Waals surface area contributed by atoms with Crippen molar-refractivity contribution >= 4 is 46.3 Å². The molecule has 1 N–H and O–H groups in total. The number of amides is 1. The molecule has 0 aliphatic rings. The molecule has 0 fully saturated rings. The molecule has 4 aromatic rings. The van der Waals surface area contributed by atoms with Gasteiger partial charge in [0.2, 0.25) is 0 Å². The number of benzene rings is 2. The molecular formula is C23H22N4OS2. The number of hydrazone groups is 1. The van der Waals surface area contributed by atoms with Gasteiger partial charge in [-0.1, -0.05) is 53.7 Å². The normalized spacial score (nSPS) is 11.4. The highest BCUT2D eigenvalue weighted by Gasteiger charge is 2.13. The molecule has 152 valence electrons.